The molecule has 0 fully saturated rings. The Morgan fingerprint density at radius 1 is 1.14 bits per heavy atom. The summed E-state index contributed by atoms with van der Waals surface area (Å²) in [7, 11) is -3.33. The molecule has 0 aromatic heterocycles. The molecule has 8 heteroatoms. The number of hydrogen-bond donors (Lipinski definition) is 0. The van der Waals surface area contributed by atoms with Crippen LogP contribution in [0.3, 0.4) is 0 Å². The Balaban J connectivity index is 2.33. The average molecular weight is 311 g/mol. The summed E-state index contributed by atoms with van der Waals surface area (Å²) >= 11 is 0. The zero-order valence-corrected chi connectivity index (χ0v) is 11.6. The summed E-state index contributed by atoms with van der Waals surface area (Å²) in [6.07, 6.45) is 1.06. The van der Waals surface area contributed by atoms with E-state index in [4.69, 9.17) is 4.74 Å². The van der Waals surface area contributed by atoms with Gasteiger partial charge in [0.1, 0.15) is 11.6 Å². The quantitative estimate of drug-likeness (QED) is 0.640. The largest absolute Gasteiger partial charge is 0.450 e. The summed E-state index contributed by atoms with van der Waals surface area (Å²) in [4.78, 5) is 10.2. The molecule has 0 aliphatic rings. The Morgan fingerprint density at radius 3 is 2.29 bits per heavy atom. The number of hydrogen-bond acceptors (Lipinski definition) is 5. The number of ether oxygens (including phenoxy) is 1. The van der Waals surface area contributed by atoms with Crippen LogP contribution in [0.15, 0.2) is 47.4 Å². The van der Waals surface area contributed by atoms with Crippen molar-refractivity contribution in [3.8, 4) is 11.5 Å². The van der Waals surface area contributed by atoms with E-state index in [2.05, 4.69) is 0 Å². The fourth-order valence-corrected chi connectivity index (χ4v) is 2.23. The number of benzene rings is 2. The predicted molar refractivity (Wildman–Crippen MR) is 72.7 cm³/mol. The van der Waals surface area contributed by atoms with Gasteiger partial charge in [-0.1, -0.05) is 0 Å². The highest BCUT2D eigenvalue weighted by molar-refractivity contribution is 7.90. The molecule has 0 amide bonds. The molecular weight excluding hydrogens is 301 g/mol. The first-order valence-corrected chi connectivity index (χ1v) is 7.58. The highest BCUT2D eigenvalue weighted by atomic mass is 32.2. The molecule has 0 saturated heterocycles. The molecule has 2 rings (SSSR count). The van der Waals surface area contributed by atoms with Gasteiger partial charge in [-0.25, -0.2) is 12.8 Å². The van der Waals surface area contributed by atoms with Crippen LogP contribution in [0, 0.1) is 15.9 Å². The van der Waals surface area contributed by atoms with E-state index in [1.165, 1.54) is 24.3 Å². The van der Waals surface area contributed by atoms with Crippen LogP contribution in [0.5, 0.6) is 11.5 Å². The van der Waals surface area contributed by atoms with Crippen LogP contribution in [0.2, 0.25) is 0 Å². The van der Waals surface area contributed by atoms with Crippen LogP contribution in [-0.2, 0) is 9.84 Å². The van der Waals surface area contributed by atoms with E-state index < -0.39 is 26.3 Å². The monoisotopic (exact) mass is 311 g/mol. The molecule has 0 radical (unpaired) electrons. The molecule has 0 bridgehead atoms. The zero-order valence-electron chi connectivity index (χ0n) is 10.8. The Morgan fingerprint density at radius 2 is 1.76 bits per heavy atom. The SMILES string of the molecule is CS(=O)(=O)c1ccc(Oc2ccc(F)cc2[N+](=O)[O-])cc1. The van der Waals surface area contributed by atoms with E-state index in [0.717, 1.165) is 24.5 Å². The van der Waals surface area contributed by atoms with Gasteiger partial charge < -0.3 is 4.74 Å². The van der Waals surface area contributed by atoms with Gasteiger partial charge in [0.25, 0.3) is 0 Å². The molecule has 0 heterocycles. The Labute approximate surface area is 119 Å². The number of nitrogens with zero attached hydrogens (tertiary/aromatic N) is 1. The lowest BCUT2D eigenvalue weighted by Gasteiger charge is -2.07. The lowest BCUT2D eigenvalue weighted by molar-refractivity contribution is -0.385. The van der Waals surface area contributed by atoms with Gasteiger partial charge in [0.2, 0.25) is 5.75 Å². The smallest absolute Gasteiger partial charge is 0.314 e. The minimum atomic E-state index is -3.33. The van der Waals surface area contributed by atoms with Crippen molar-refractivity contribution in [3.05, 3.63) is 58.4 Å². The average Bonchev–Trinajstić information content (AvgIpc) is 2.40. The maximum Gasteiger partial charge on any atom is 0.314 e. The Bertz CT molecular complexity index is 787. The zero-order chi connectivity index (χ0) is 15.6. The fraction of sp³-hybridized carbons (Fsp3) is 0.0769. The number of rotatable bonds is 4. The van der Waals surface area contributed by atoms with Crippen molar-refractivity contribution in [1.82, 2.24) is 0 Å². The van der Waals surface area contributed by atoms with Gasteiger partial charge in [-0.2, -0.15) is 0 Å². The van der Waals surface area contributed by atoms with Crippen molar-refractivity contribution < 1.29 is 22.5 Å². The molecule has 0 unspecified atom stereocenters. The predicted octanol–water partition coefficient (Wildman–Crippen LogP) is 2.93. The molecule has 0 N–H and O–H groups in total. The third-order valence-corrected chi connectivity index (χ3v) is 3.73. The minimum Gasteiger partial charge on any atom is -0.450 e. The van der Waals surface area contributed by atoms with Gasteiger partial charge in [0.05, 0.1) is 15.9 Å². The number of halogens is 1. The van der Waals surface area contributed by atoms with E-state index in [0.29, 0.717) is 0 Å². The van der Waals surface area contributed by atoms with Crippen LogP contribution < -0.4 is 4.74 Å². The van der Waals surface area contributed by atoms with Crippen LogP contribution in [0.1, 0.15) is 0 Å². The van der Waals surface area contributed by atoms with Gasteiger partial charge in [0.15, 0.2) is 9.84 Å². The fourth-order valence-electron chi connectivity index (χ4n) is 1.60. The Kier molecular flexibility index (Phi) is 3.90. The summed E-state index contributed by atoms with van der Waals surface area (Å²) in [6, 6.07) is 8.29. The van der Waals surface area contributed by atoms with Crippen molar-refractivity contribution in [2.24, 2.45) is 0 Å². The van der Waals surface area contributed by atoms with Crippen LogP contribution in [-0.4, -0.2) is 19.6 Å². The first-order chi connectivity index (χ1) is 9.77. The van der Waals surface area contributed by atoms with E-state index in [-0.39, 0.29) is 16.4 Å². The van der Waals surface area contributed by atoms with Crippen LogP contribution in [0.4, 0.5) is 10.1 Å². The first-order valence-electron chi connectivity index (χ1n) is 5.69. The third-order valence-electron chi connectivity index (χ3n) is 2.60. The highest BCUT2D eigenvalue weighted by Crippen LogP contribution is 2.32. The van der Waals surface area contributed by atoms with Gasteiger partial charge >= 0.3 is 5.69 Å². The summed E-state index contributed by atoms with van der Waals surface area (Å²) < 4.78 is 40.9. The van der Waals surface area contributed by atoms with Crippen molar-refractivity contribution >= 4 is 15.5 Å². The maximum atomic E-state index is 13.0. The van der Waals surface area contributed by atoms with E-state index in [9.17, 15) is 22.9 Å². The summed E-state index contributed by atoms with van der Waals surface area (Å²) in [6.45, 7) is 0. The molecule has 0 aliphatic heterocycles. The summed E-state index contributed by atoms with van der Waals surface area (Å²) in [5.41, 5.74) is -0.512. The molecule has 0 atom stereocenters. The van der Waals surface area contributed by atoms with Gasteiger partial charge in [-0.05, 0) is 36.4 Å². The van der Waals surface area contributed by atoms with Gasteiger partial charge in [-0.3, -0.25) is 10.1 Å². The standard InChI is InChI=1S/C13H10FNO5S/c1-21(18,19)11-5-3-10(4-6-11)20-13-7-2-9(14)8-12(13)15(16)17/h2-8H,1H3. The van der Waals surface area contributed by atoms with Crippen molar-refractivity contribution in [1.29, 1.82) is 0 Å². The lowest BCUT2D eigenvalue weighted by Crippen LogP contribution is -1.97. The summed E-state index contributed by atoms with van der Waals surface area (Å²) in [5.74, 6) is -0.674. The second-order valence-electron chi connectivity index (χ2n) is 4.21. The third kappa shape index (κ3) is 3.54. The molecule has 0 aliphatic carbocycles. The molecule has 110 valence electrons. The topological polar surface area (TPSA) is 86.5 Å². The van der Waals surface area contributed by atoms with Crippen molar-refractivity contribution in [2.45, 2.75) is 4.90 Å². The molecule has 0 spiro atoms. The highest BCUT2D eigenvalue weighted by Gasteiger charge is 2.17. The minimum absolute atomic E-state index is 0.100. The van der Waals surface area contributed by atoms with Crippen LogP contribution >= 0.6 is 0 Å². The lowest BCUT2D eigenvalue weighted by atomic mass is 10.3. The second kappa shape index (κ2) is 5.49. The molecule has 6 nitrogen and oxygen atoms in total. The van der Waals surface area contributed by atoms with Gasteiger partial charge in [0, 0.05) is 6.26 Å². The normalized spacial score (nSPS) is 11.1. The first kappa shape index (κ1) is 14.9. The van der Waals surface area contributed by atoms with Crippen LogP contribution in [0.25, 0.3) is 0 Å². The van der Waals surface area contributed by atoms with Crippen molar-refractivity contribution in [3.63, 3.8) is 0 Å². The number of nitro benzene ring substituents is 1. The number of sulfone groups is 1. The molecule has 0 saturated carbocycles. The van der Waals surface area contributed by atoms with E-state index in [1.807, 2.05) is 0 Å². The molecule has 2 aromatic rings. The van der Waals surface area contributed by atoms with E-state index >= 15 is 0 Å². The molecular formula is C13H10FNO5S. The van der Waals surface area contributed by atoms with Crippen molar-refractivity contribution in [2.75, 3.05) is 6.26 Å². The second-order valence-corrected chi connectivity index (χ2v) is 6.23. The molecule has 21 heavy (non-hydrogen) atoms. The molecule has 2 aromatic carbocycles. The van der Waals surface area contributed by atoms with E-state index in [1.54, 1.807) is 0 Å². The number of nitro groups is 1. The maximum absolute atomic E-state index is 13.0. The van der Waals surface area contributed by atoms with Gasteiger partial charge in [-0.15, -0.1) is 0 Å². The Hall–Kier alpha value is -2.48. The summed E-state index contributed by atoms with van der Waals surface area (Å²) in [5, 5.41) is 10.8.